The van der Waals surface area contributed by atoms with Crippen molar-refractivity contribution < 1.29 is 14.6 Å². The predicted octanol–water partition coefficient (Wildman–Crippen LogP) is 1.95. The molecule has 0 spiro atoms. The first kappa shape index (κ1) is 14.8. The van der Waals surface area contributed by atoms with Crippen LogP contribution in [0.1, 0.15) is 45.3 Å². The van der Waals surface area contributed by atoms with Gasteiger partial charge in [-0.25, -0.2) is 4.79 Å². The molecule has 1 fully saturated rings. The van der Waals surface area contributed by atoms with Crippen LogP contribution in [0.3, 0.4) is 0 Å². The maximum absolute atomic E-state index is 12.0. The number of likely N-dealkylation sites (tertiary alicyclic amines) is 1. The molecule has 1 N–H and O–H groups in total. The molecule has 0 aromatic carbocycles. The minimum Gasteiger partial charge on any atom is -0.444 e. The Morgan fingerprint density at radius 2 is 2.10 bits per heavy atom. The molecule has 20 heavy (non-hydrogen) atoms. The van der Waals surface area contributed by atoms with E-state index >= 15 is 0 Å². The van der Waals surface area contributed by atoms with Gasteiger partial charge in [-0.1, -0.05) is 0 Å². The maximum atomic E-state index is 12.0. The van der Waals surface area contributed by atoms with Crippen LogP contribution in [0.2, 0.25) is 0 Å². The summed E-state index contributed by atoms with van der Waals surface area (Å²) in [7, 11) is 0. The van der Waals surface area contributed by atoms with E-state index in [1.165, 1.54) is 0 Å². The van der Waals surface area contributed by atoms with Gasteiger partial charge in [0.25, 0.3) is 0 Å². The Kier molecular flexibility index (Phi) is 4.32. The van der Waals surface area contributed by atoms with Gasteiger partial charge >= 0.3 is 6.09 Å². The van der Waals surface area contributed by atoms with Gasteiger partial charge in [0.1, 0.15) is 5.60 Å². The molecule has 112 valence electrons. The van der Waals surface area contributed by atoms with Crippen molar-refractivity contribution in [1.29, 1.82) is 0 Å². The van der Waals surface area contributed by atoms with E-state index in [-0.39, 0.29) is 18.7 Å². The average Bonchev–Trinajstić information content (AvgIpc) is 2.85. The summed E-state index contributed by atoms with van der Waals surface area (Å²) in [6.45, 7) is 6.93. The number of nitrogens with zero attached hydrogens (tertiary/aromatic N) is 3. The van der Waals surface area contributed by atoms with Gasteiger partial charge in [0.15, 0.2) is 0 Å². The molecule has 0 radical (unpaired) electrons. The van der Waals surface area contributed by atoms with Crippen molar-refractivity contribution in [3.63, 3.8) is 0 Å². The van der Waals surface area contributed by atoms with Gasteiger partial charge in [0, 0.05) is 19.3 Å². The highest BCUT2D eigenvalue weighted by molar-refractivity contribution is 5.68. The molecule has 6 nitrogen and oxygen atoms in total. The summed E-state index contributed by atoms with van der Waals surface area (Å²) in [4.78, 5) is 13.7. The highest BCUT2D eigenvalue weighted by Crippen LogP contribution is 2.23. The first-order valence-electron chi connectivity index (χ1n) is 7.02. The van der Waals surface area contributed by atoms with Gasteiger partial charge < -0.3 is 14.7 Å². The van der Waals surface area contributed by atoms with Crippen molar-refractivity contribution in [3.8, 4) is 0 Å². The number of carbonyl (C=O) groups is 1. The van der Waals surface area contributed by atoms with Gasteiger partial charge in [-0.05, 0) is 39.7 Å². The van der Waals surface area contributed by atoms with E-state index in [1.54, 1.807) is 4.90 Å². The maximum Gasteiger partial charge on any atom is 0.410 e. The van der Waals surface area contributed by atoms with Gasteiger partial charge in [-0.2, -0.15) is 5.10 Å². The SMILES string of the molecule is CC(C)(C)OC(=O)N1CCC(n2ccc(CO)n2)CC1. The number of amides is 1. The van der Waals surface area contributed by atoms with Gasteiger partial charge in [0.2, 0.25) is 0 Å². The van der Waals surface area contributed by atoms with Crippen LogP contribution in [0.4, 0.5) is 4.79 Å². The van der Waals surface area contributed by atoms with Crippen LogP contribution in [0.25, 0.3) is 0 Å². The Balaban J connectivity index is 1.87. The second-order valence-corrected chi connectivity index (χ2v) is 6.14. The number of carbonyl (C=O) groups excluding carboxylic acids is 1. The monoisotopic (exact) mass is 281 g/mol. The molecule has 2 heterocycles. The van der Waals surface area contributed by atoms with Crippen LogP contribution in [0, 0.1) is 0 Å². The molecule has 1 aliphatic rings. The fraction of sp³-hybridized carbons (Fsp3) is 0.714. The van der Waals surface area contributed by atoms with Gasteiger partial charge in [-0.15, -0.1) is 0 Å². The van der Waals surface area contributed by atoms with Gasteiger partial charge in [-0.3, -0.25) is 4.68 Å². The summed E-state index contributed by atoms with van der Waals surface area (Å²) in [5.74, 6) is 0. The summed E-state index contributed by atoms with van der Waals surface area (Å²) in [6, 6.07) is 2.11. The van der Waals surface area contributed by atoms with Crippen LogP contribution in [-0.2, 0) is 11.3 Å². The van der Waals surface area contributed by atoms with Crippen molar-refractivity contribution in [1.82, 2.24) is 14.7 Å². The van der Waals surface area contributed by atoms with E-state index in [4.69, 9.17) is 9.84 Å². The Labute approximate surface area is 119 Å². The topological polar surface area (TPSA) is 67.6 Å². The smallest absolute Gasteiger partial charge is 0.410 e. The summed E-state index contributed by atoms with van der Waals surface area (Å²) in [5.41, 5.74) is 0.228. The van der Waals surface area contributed by atoms with Crippen LogP contribution < -0.4 is 0 Å². The standard InChI is InChI=1S/C14H23N3O3/c1-14(2,3)20-13(19)16-7-5-12(6-8-16)17-9-4-11(10-18)15-17/h4,9,12,18H,5-8,10H2,1-3H3. The number of aromatic nitrogens is 2. The van der Waals surface area contributed by atoms with E-state index in [1.807, 2.05) is 37.7 Å². The predicted molar refractivity (Wildman–Crippen MR) is 74.2 cm³/mol. The van der Waals surface area contributed by atoms with Crippen LogP contribution in [0.15, 0.2) is 12.3 Å². The highest BCUT2D eigenvalue weighted by Gasteiger charge is 2.27. The molecule has 1 aromatic heterocycles. The molecule has 1 saturated heterocycles. The van der Waals surface area contributed by atoms with Crippen LogP contribution >= 0.6 is 0 Å². The van der Waals surface area contributed by atoms with Gasteiger partial charge in [0.05, 0.1) is 18.3 Å². The Hall–Kier alpha value is -1.56. The summed E-state index contributed by atoms with van der Waals surface area (Å²) in [6.07, 6.45) is 3.35. The lowest BCUT2D eigenvalue weighted by atomic mass is 10.1. The number of rotatable bonds is 2. The number of hydrogen-bond acceptors (Lipinski definition) is 4. The third kappa shape index (κ3) is 3.72. The molecule has 0 saturated carbocycles. The molecule has 1 aliphatic heterocycles. The summed E-state index contributed by atoms with van der Waals surface area (Å²) >= 11 is 0. The van der Waals surface area contributed by atoms with E-state index in [0.29, 0.717) is 18.8 Å². The number of ether oxygens (including phenoxy) is 1. The molecule has 1 amide bonds. The lowest BCUT2D eigenvalue weighted by Gasteiger charge is -2.33. The molecule has 0 atom stereocenters. The molecule has 0 unspecified atom stereocenters. The Bertz CT molecular complexity index is 456. The number of aliphatic hydroxyl groups excluding tert-OH is 1. The third-order valence-corrected chi connectivity index (χ3v) is 3.32. The summed E-state index contributed by atoms with van der Waals surface area (Å²) < 4.78 is 7.26. The van der Waals surface area contributed by atoms with Crippen LogP contribution in [-0.4, -0.2) is 44.6 Å². The third-order valence-electron chi connectivity index (χ3n) is 3.32. The molecule has 6 heteroatoms. The van der Waals surface area contributed by atoms with Crippen molar-refractivity contribution >= 4 is 6.09 Å². The summed E-state index contributed by atoms with van der Waals surface area (Å²) in [5, 5.41) is 13.3. The molecule has 2 rings (SSSR count). The van der Waals surface area contributed by atoms with E-state index in [0.717, 1.165) is 12.8 Å². The number of aliphatic hydroxyl groups is 1. The zero-order valence-electron chi connectivity index (χ0n) is 12.4. The van der Waals surface area contributed by atoms with E-state index in [9.17, 15) is 4.79 Å². The quantitative estimate of drug-likeness (QED) is 0.899. The Morgan fingerprint density at radius 1 is 1.45 bits per heavy atom. The fourth-order valence-corrected chi connectivity index (χ4v) is 2.30. The van der Waals surface area contributed by atoms with Crippen molar-refractivity contribution in [2.75, 3.05) is 13.1 Å². The lowest BCUT2D eigenvalue weighted by Crippen LogP contribution is -2.42. The molecular formula is C14H23N3O3. The number of piperidine rings is 1. The lowest BCUT2D eigenvalue weighted by molar-refractivity contribution is 0.0184. The normalized spacial score (nSPS) is 17.3. The Morgan fingerprint density at radius 3 is 2.60 bits per heavy atom. The zero-order valence-corrected chi connectivity index (χ0v) is 12.4. The average molecular weight is 281 g/mol. The first-order chi connectivity index (χ1) is 9.39. The molecule has 1 aromatic rings. The fourth-order valence-electron chi connectivity index (χ4n) is 2.30. The van der Waals surface area contributed by atoms with Crippen molar-refractivity contribution in [2.24, 2.45) is 0 Å². The first-order valence-corrected chi connectivity index (χ1v) is 7.02. The second-order valence-electron chi connectivity index (χ2n) is 6.14. The van der Waals surface area contributed by atoms with Crippen LogP contribution in [0.5, 0.6) is 0 Å². The minimum absolute atomic E-state index is 0.0379. The zero-order chi connectivity index (χ0) is 14.8. The molecule has 0 aliphatic carbocycles. The number of hydrogen-bond donors (Lipinski definition) is 1. The highest BCUT2D eigenvalue weighted by atomic mass is 16.6. The second kappa shape index (κ2) is 5.83. The van der Waals surface area contributed by atoms with E-state index < -0.39 is 5.60 Å². The van der Waals surface area contributed by atoms with Crippen molar-refractivity contribution in [2.45, 2.75) is 51.9 Å². The van der Waals surface area contributed by atoms with E-state index in [2.05, 4.69) is 5.10 Å². The van der Waals surface area contributed by atoms with Crippen molar-refractivity contribution in [3.05, 3.63) is 18.0 Å². The minimum atomic E-state index is -0.452. The largest absolute Gasteiger partial charge is 0.444 e. The molecular weight excluding hydrogens is 258 g/mol. The molecule has 0 bridgehead atoms.